The van der Waals surface area contributed by atoms with E-state index in [-0.39, 0.29) is 5.91 Å². The zero-order valence-corrected chi connectivity index (χ0v) is 14.3. The Hall–Kier alpha value is -2.89. The van der Waals surface area contributed by atoms with Crippen molar-refractivity contribution in [2.24, 2.45) is 0 Å². The summed E-state index contributed by atoms with van der Waals surface area (Å²) < 4.78 is 0. The van der Waals surface area contributed by atoms with E-state index in [1.807, 2.05) is 66.7 Å². The second kappa shape index (κ2) is 7.79. The summed E-state index contributed by atoms with van der Waals surface area (Å²) in [4.78, 5) is 14.1. The Morgan fingerprint density at radius 1 is 1.00 bits per heavy atom. The molecule has 0 saturated heterocycles. The van der Waals surface area contributed by atoms with Gasteiger partial charge in [0.25, 0.3) is 5.91 Å². The summed E-state index contributed by atoms with van der Waals surface area (Å²) in [5, 5.41) is 11.8. The summed E-state index contributed by atoms with van der Waals surface area (Å²) in [5.74, 6) is -0.0971. The van der Waals surface area contributed by atoms with Gasteiger partial charge in [0.15, 0.2) is 0 Å². The maximum Gasteiger partial charge on any atom is 0.251 e. The van der Waals surface area contributed by atoms with Gasteiger partial charge in [-0.3, -0.25) is 15.5 Å². The Labute approximate surface area is 150 Å². The minimum Gasteiger partial charge on any atom is -0.348 e. The van der Waals surface area contributed by atoms with E-state index in [0.717, 1.165) is 20.9 Å². The van der Waals surface area contributed by atoms with Crippen LogP contribution in [0.4, 0.5) is 0 Å². The average molecular weight is 350 g/mol. The molecule has 0 spiro atoms. The molecule has 3 aromatic rings. The highest BCUT2D eigenvalue weighted by atomic mass is 32.1. The Bertz CT molecular complexity index is 870. The molecular formula is C20H18N2O2S. The van der Waals surface area contributed by atoms with Crippen LogP contribution in [-0.4, -0.2) is 11.1 Å². The second-order valence-corrected chi connectivity index (χ2v) is 6.58. The van der Waals surface area contributed by atoms with Crippen LogP contribution in [0.15, 0.2) is 73.3 Å². The molecule has 1 heterocycles. The van der Waals surface area contributed by atoms with Crippen molar-refractivity contribution < 1.29 is 10.0 Å². The normalized spacial score (nSPS) is 10.3. The monoisotopic (exact) mass is 350 g/mol. The summed E-state index contributed by atoms with van der Waals surface area (Å²) in [7, 11) is 0. The van der Waals surface area contributed by atoms with Crippen LogP contribution in [0, 0.1) is 0 Å². The van der Waals surface area contributed by atoms with Crippen LogP contribution >= 0.6 is 11.3 Å². The van der Waals surface area contributed by atoms with Crippen LogP contribution in [0.25, 0.3) is 16.1 Å². The van der Waals surface area contributed by atoms with Gasteiger partial charge in [0.1, 0.15) is 0 Å². The first kappa shape index (κ1) is 17.0. The van der Waals surface area contributed by atoms with Gasteiger partial charge < -0.3 is 5.32 Å². The fraction of sp³-hybridized carbons (Fsp3) is 0.0500. The number of amides is 1. The molecule has 25 heavy (non-hydrogen) atoms. The van der Waals surface area contributed by atoms with Gasteiger partial charge in [-0.25, -0.2) is 0 Å². The second-order valence-electron chi connectivity index (χ2n) is 5.50. The molecule has 0 aliphatic rings. The highest BCUT2D eigenvalue weighted by molar-refractivity contribution is 7.16. The van der Waals surface area contributed by atoms with Gasteiger partial charge in [-0.15, -0.1) is 11.3 Å². The third-order valence-electron chi connectivity index (χ3n) is 3.77. The van der Waals surface area contributed by atoms with Crippen LogP contribution in [0.5, 0.6) is 0 Å². The molecule has 0 aliphatic carbocycles. The summed E-state index contributed by atoms with van der Waals surface area (Å²) in [5.41, 5.74) is 5.23. The van der Waals surface area contributed by atoms with Gasteiger partial charge >= 0.3 is 0 Å². The smallest absolute Gasteiger partial charge is 0.251 e. The number of hydrogen-bond acceptors (Lipinski definition) is 4. The standard InChI is InChI=1S/C20H18N2O2S/c1-14(22-24)18-11-12-19(25-18)16-7-9-17(10-8-16)20(23)21-13-15-5-3-2-4-6-15/h2-12,22,24H,1,13H2,(H,21,23). The fourth-order valence-electron chi connectivity index (χ4n) is 2.38. The Balaban J connectivity index is 1.66. The Morgan fingerprint density at radius 2 is 1.72 bits per heavy atom. The number of hydroxylamine groups is 1. The van der Waals surface area contributed by atoms with Crippen molar-refractivity contribution in [3.8, 4) is 10.4 Å². The minimum atomic E-state index is -0.0971. The Morgan fingerprint density at radius 3 is 2.40 bits per heavy atom. The van der Waals surface area contributed by atoms with Crippen molar-refractivity contribution in [1.29, 1.82) is 0 Å². The van der Waals surface area contributed by atoms with Crippen molar-refractivity contribution in [1.82, 2.24) is 10.8 Å². The lowest BCUT2D eigenvalue weighted by molar-refractivity contribution is 0.0951. The van der Waals surface area contributed by atoms with Gasteiger partial charge in [-0.05, 0) is 35.4 Å². The molecule has 3 N–H and O–H groups in total. The minimum absolute atomic E-state index is 0.0971. The quantitative estimate of drug-likeness (QED) is 0.581. The molecule has 2 aromatic carbocycles. The van der Waals surface area contributed by atoms with Crippen LogP contribution in [0.2, 0.25) is 0 Å². The van der Waals surface area contributed by atoms with Gasteiger partial charge in [-0.1, -0.05) is 49.0 Å². The molecule has 126 valence electrons. The van der Waals surface area contributed by atoms with E-state index >= 15 is 0 Å². The van der Waals surface area contributed by atoms with E-state index in [0.29, 0.717) is 17.8 Å². The van der Waals surface area contributed by atoms with Crippen molar-refractivity contribution in [3.05, 3.63) is 89.3 Å². The number of benzene rings is 2. The first-order valence-electron chi connectivity index (χ1n) is 7.79. The lowest BCUT2D eigenvalue weighted by atomic mass is 10.1. The molecule has 4 nitrogen and oxygen atoms in total. The van der Waals surface area contributed by atoms with Crippen LogP contribution < -0.4 is 10.8 Å². The third-order valence-corrected chi connectivity index (χ3v) is 4.96. The van der Waals surface area contributed by atoms with E-state index < -0.39 is 0 Å². The van der Waals surface area contributed by atoms with Crippen molar-refractivity contribution in [3.63, 3.8) is 0 Å². The first-order valence-corrected chi connectivity index (χ1v) is 8.61. The molecule has 3 rings (SSSR count). The zero-order chi connectivity index (χ0) is 17.6. The number of rotatable bonds is 6. The number of nitrogens with one attached hydrogen (secondary N) is 2. The molecule has 0 unspecified atom stereocenters. The van der Waals surface area contributed by atoms with E-state index in [1.54, 1.807) is 0 Å². The molecule has 0 aliphatic heterocycles. The summed E-state index contributed by atoms with van der Waals surface area (Å²) in [6.07, 6.45) is 0. The van der Waals surface area contributed by atoms with Crippen molar-refractivity contribution >= 4 is 22.9 Å². The van der Waals surface area contributed by atoms with E-state index in [2.05, 4.69) is 17.4 Å². The predicted octanol–water partition coefficient (Wildman–Crippen LogP) is 4.29. The molecule has 0 fully saturated rings. The third kappa shape index (κ3) is 4.15. The first-order chi connectivity index (χ1) is 12.2. The summed E-state index contributed by atoms with van der Waals surface area (Å²) in [6, 6.07) is 21.1. The van der Waals surface area contributed by atoms with Crippen LogP contribution in [-0.2, 0) is 6.54 Å². The van der Waals surface area contributed by atoms with Crippen LogP contribution in [0.1, 0.15) is 20.8 Å². The highest BCUT2D eigenvalue weighted by Crippen LogP contribution is 2.30. The largest absolute Gasteiger partial charge is 0.348 e. The summed E-state index contributed by atoms with van der Waals surface area (Å²) >= 11 is 1.52. The van der Waals surface area contributed by atoms with Gasteiger partial charge in [-0.2, -0.15) is 0 Å². The molecule has 0 bridgehead atoms. The maximum atomic E-state index is 12.2. The van der Waals surface area contributed by atoms with Crippen LogP contribution in [0.3, 0.4) is 0 Å². The number of carbonyl (C=O) groups excluding carboxylic acids is 1. The molecule has 0 saturated carbocycles. The number of thiophene rings is 1. The molecule has 1 amide bonds. The molecule has 0 radical (unpaired) electrons. The van der Waals surface area contributed by atoms with Crippen molar-refractivity contribution in [2.45, 2.75) is 6.54 Å². The maximum absolute atomic E-state index is 12.2. The van der Waals surface area contributed by atoms with Gasteiger partial charge in [0.05, 0.1) is 10.6 Å². The molecule has 5 heteroatoms. The lowest BCUT2D eigenvalue weighted by Gasteiger charge is -2.06. The van der Waals surface area contributed by atoms with Gasteiger partial charge in [0, 0.05) is 17.0 Å². The van der Waals surface area contributed by atoms with Crippen molar-refractivity contribution in [2.75, 3.05) is 0 Å². The highest BCUT2D eigenvalue weighted by Gasteiger charge is 2.08. The lowest BCUT2D eigenvalue weighted by Crippen LogP contribution is -2.22. The SMILES string of the molecule is C=C(NO)c1ccc(-c2ccc(C(=O)NCc3ccccc3)cc2)s1. The zero-order valence-electron chi connectivity index (χ0n) is 13.5. The molecule has 0 atom stereocenters. The number of carbonyl (C=O) groups is 1. The van der Waals surface area contributed by atoms with Gasteiger partial charge in [0.2, 0.25) is 0 Å². The number of hydrogen-bond donors (Lipinski definition) is 3. The Kier molecular flexibility index (Phi) is 5.28. The topological polar surface area (TPSA) is 61.4 Å². The fourth-order valence-corrected chi connectivity index (χ4v) is 3.31. The molecule has 1 aromatic heterocycles. The van der Waals surface area contributed by atoms with E-state index in [9.17, 15) is 4.79 Å². The average Bonchev–Trinajstić information content (AvgIpc) is 3.16. The van der Waals surface area contributed by atoms with E-state index in [1.165, 1.54) is 11.3 Å². The molecular weight excluding hydrogens is 332 g/mol. The van der Waals surface area contributed by atoms with E-state index in [4.69, 9.17) is 5.21 Å². The predicted molar refractivity (Wildman–Crippen MR) is 101 cm³/mol. The summed E-state index contributed by atoms with van der Waals surface area (Å²) in [6.45, 7) is 4.24.